The number of hydrogen-bond donors (Lipinski definition) is 0. The van der Waals surface area contributed by atoms with Crippen LogP contribution in [0.5, 0.6) is 5.75 Å². The molecule has 0 saturated carbocycles. The molecule has 4 aromatic rings. The molecule has 0 amide bonds. The van der Waals surface area contributed by atoms with Crippen LogP contribution in [0.25, 0.3) is 32.9 Å². The van der Waals surface area contributed by atoms with Gasteiger partial charge in [0.2, 0.25) is 0 Å². The summed E-state index contributed by atoms with van der Waals surface area (Å²) in [5, 5.41) is 3.04. The lowest BCUT2D eigenvalue weighted by molar-refractivity contribution is 0.112. The van der Waals surface area contributed by atoms with E-state index in [-0.39, 0.29) is 0 Å². The van der Waals surface area contributed by atoms with Crippen LogP contribution in [-0.4, -0.2) is 18.4 Å². The van der Waals surface area contributed by atoms with Crippen LogP contribution < -0.4 is 4.74 Å². The summed E-state index contributed by atoms with van der Waals surface area (Å²) in [7, 11) is 1.65. The Morgan fingerprint density at radius 1 is 0.917 bits per heavy atom. The van der Waals surface area contributed by atoms with Crippen LogP contribution >= 0.6 is 0 Å². The summed E-state index contributed by atoms with van der Waals surface area (Å²) in [6.07, 6.45) is 0.851. The second-order valence-corrected chi connectivity index (χ2v) is 5.60. The third-order valence-electron chi connectivity index (χ3n) is 4.22. The maximum atomic E-state index is 11.6. The van der Waals surface area contributed by atoms with Crippen molar-refractivity contribution in [1.82, 2.24) is 4.98 Å². The summed E-state index contributed by atoms with van der Waals surface area (Å²) in [5.41, 5.74) is 2.88. The molecule has 4 rings (SSSR count). The number of para-hydroxylation sites is 1. The van der Waals surface area contributed by atoms with Gasteiger partial charge in [0.15, 0.2) is 6.29 Å². The molecule has 0 aliphatic carbocycles. The van der Waals surface area contributed by atoms with E-state index in [1.165, 1.54) is 0 Å². The van der Waals surface area contributed by atoms with Crippen LogP contribution in [0.4, 0.5) is 0 Å². The molecule has 0 radical (unpaired) electrons. The number of fused-ring (bicyclic) bond motifs is 2. The smallest absolute Gasteiger partial charge is 0.152 e. The zero-order chi connectivity index (χ0) is 16.5. The Balaban J connectivity index is 2.07. The van der Waals surface area contributed by atoms with Gasteiger partial charge in [-0.25, -0.2) is 4.98 Å². The lowest BCUT2D eigenvalue weighted by atomic mass is 9.99. The predicted octanol–water partition coefficient (Wildman–Crippen LogP) is 4.88. The predicted molar refractivity (Wildman–Crippen MR) is 96.6 cm³/mol. The molecule has 3 heteroatoms. The Bertz CT molecular complexity index is 1070. The van der Waals surface area contributed by atoms with E-state index in [2.05, 4.69) is 0 Å². The summed E-state index contributed by atoms with van der Waals surface area (Å²) in [5.74, 6) is 0.735. The van der Waals surface area contributed by atoms with Gasteiger partial charge in [-0.1, -0.05) is 48.5 Å². The van der Waals surface area contributed by atoms with Gasteiger partial charge in [0, 0.05) is 21.9 Å². The highest BCUT2D eigenvalue weighted by molar-refractivity contribution is 5.99. The van der Waals surface area contributed by atoms with Crippen molar-refractivity contribution in [3.05, 3.63) is 72.3 Å². The molecule has 1 aromatic heterocycles. The van der Waals surface area contributed by atoms with E-state index in [0.717, 1.165) is 39.3 Å². The molecule has 3 aromatic carbocycles. The number of methoxy groups -OCH3 is 1. The Labute approximate surface area is 139 Å². The highest BCUT2D eigenvalue weighted by Crippen LogP contribution is 2.37. The molecular weight excluding hydrogens is 298 g/mol. The van der Waals surface area contributed by atoms with Crippen LogP contribution in [0.3, 0.4) is 0 Å². The molecule has 0 saturated heterocycles. The van der Waals surface area contributed by atoms with Crippen LogP contribution in [0.15, 0.2) is 66.7 Å². The number of carbonyl (C=O) groups is 1. The number of aldehydes is 1. The Morgan fingerprint density at radius 2 is 1.67 bits per heavy atom. The third kappa shape index (κ3) is 2.22. The Hall–Kier alpha value is -3.20. The molecule has 0 aliphatic heterocycles. The second kappa shape index (κ2) is 5.78. The van der Waals surface area contributed by atoms with Crippen molar-refractivity contribution in [2.45, 2.75) is 0 Å². The van der Waals surface area contributed by atoms with Gasteiger partial charge < -0.3 is 4.74 Å². The normalized spacial score (nSPS) is 10.9. The number of aromatic nitrogens is 1. The van der Waals surface area contributed by atoms with Crippen molar-refractivity contribution < 1.29 is 9.53 Å². The number of pyridine rings is 1. The van der Waals surface area contributed by atoms with E-state index in [4.69, 9.17) is 9.72 Å². The fraction of sp³-hybridized carbons (Fsp3) is 0.0476. The van der Waals surface area contributed by atoms with Crippen molar-refractivity contribution in [2.24, 2.45) is 0 Å². The molecular formula is C21H15NO2. The second-order valence-electron chi connectivity index (χ2n) is 5.60. The van der Waals surface area contributed by atoms with Crippen LogP contribution in [-0.2, 0) is 0 Å². The Kier molecular flexibility index (Phi) is 3.47. The van der Waals surface area contributed by atoms with Gasteiger partial charge in [-0.3, -0.25) is 4.79 Å². The minimum absolute atomic E-state index is 0.558. The van der Waals surface area contributed by atoms with Gasteiger partial charge in [0.1, 0.15) is 5.75 Å². The fourth-order valence-corrected chi connectivity index (χ4v) is 3.09. The molecule has 0 fully saturated rings. The fourth-order valence-electron chi connectivity index (χ4n) is 3.09. The first-order valence-electron chi connectivity index (χ1n) is 7.73. The van der Waals surface area contributed by atoms with Crippen molar-refractivity contribution in [3.63, 3.8) is 0 Å². The first-order valence-corrected chi connectivity index (χ1v) is 7.73. The lowest BCUT2D eigenvalue weighted by Gasteiger charge is -2.13. The minimum Gasteiger partial charge on any atom is -0.495 e. The van der Waals surface area contributed by atoms with E-state index < -0.39 is 0 Å². The summed E-state index contributed by atoms with van der Waals surface area (Å²) >= 11 is 0. The molecule has 24 heavy (non-hydrogen) atoms. The van der Waals surface area contributed by atoms with Crippen LogP contribution in [0.1, 0.15) is 10.4 Å². The van der Waals surface area contributed by atoms with Crippen molar-refractivity contribution in [3.8, 4) is 17.0 Å². The number of rotatable bonds is 3. The van der Waals surface area contributed by atoms with E-state index in [1.807, 2.05) is 66.7 Å². The van der Waals surface area contributed by atoms with E-state index in [0.29, 0.717) is 11.3 Å². The zero-order valence-corrected chi connectivity index (χ0v) is 13.2. The number of carbonyl (C=O) groups excluding carboxylic acids is 1. The molecule has 0 aliphatic rings. The highest BCUT2D eigenvalue weighted by Gasteiger charge is 2.15. The van der Waals surface area contributed by atoms with Gasteiger partial charge in [0.05, 0.1) is 18.3 Å². The van der Waals surface area contributed by atoms with Crippen LogP contribution in [0.2, 0.25) is 0 Å². The van der Waals surface area contributed by atoms with Crippen molar-refractivity contribution in [2.75, 3.05) is 7.11 Å². The molecule has 116 valence electrons. The maximum absolute atomic E-state index is 11.6. The number of hydrogen-bond acceptors (Lipinski definition) is 3. The summed E-state index contributed by atoms with van der Waals surface area (Å²) in [4.78, 5) is 16.3. The third-order valence-corrected chi connectivity index (χ3v) is 4.22. The molecule has 3 nitrogen and oxygen atoms in total. The summed E-state index contributed by atoms with van der Waals surface area (Å²) < 4.78 is 5.67. The van der Waals surface area contributed by atoms with Gasteiger partial charge in [0.25, 0.3) is 0 Å². The van der Waals surface area contributed by atoms with Gasteiger partial charge in [-0.05, 0) is 23.6 Å². The molecule has 1 heterocycles. The minimum atomic E-state index is 0.558. The monoisotopic (exact) mass is 313 g/mol. The molecule has 0 spiro atoms. The summed E-state index contributed by atoms with van der Waals surface area (Å²) in [6, 6.07) is 21.7. The average molecular weight is 313 g/mol. The maximum Gasteiger partial charge on any atom is 0.152 e. The molecule has 0 unspecified atom stereocenters. The quantitative estimate of drug-likeness (QED) is 0.506. The highest BCUT2D eigenvalue weighted by atomic mass is 16.5. The first-order chi connectivity index (χ1) is 11.8. The van der Waals surface area contributed by atoms with Crippen LogP contribution in [0, 0.1) is 0 Å². The molecule has 0 bridgehead atoms. The standard InChI is InChI=1S/C21H15NO2/c1-24-21-17-8-4-2-6-14(17)10-11-18(21)20-16(13-23)12-15-7-3-5-9-19(15)22-20/h2-13H,1H3. The van der Waals surface area contributed by atoms with Crippen molar-refractivity contribution in [1.29, 1.82) is 0 Å². The molecule has 0 N–H and O–H groups in total. The van der Waals surface area contributed by atoms with Gasteiger partial charge >= 0.3 is 0 Å². The number of benzene rings is 3. The number of nitrogens with zero attached hydrogens (tertiary/aromatic N) is 1. The SMILES string of the molecule is COc1c(-c2nc3ccccc3cc2C=O)ccc2ccccc12. The van der Waals surface area contributed by atoms with Gasteiger partial charge in [-0.15, -0.1) is 0 Å². The van der Waals surface area contributed by atoms with E-state index >= 15 is 0 Å². The van der Waals surface area contributed by atoms with Gasteiger partial charge in [-0.2, -0.15) is 0 Å². The van der Waals surface area contributed by atoms with Crippen molar-refractivity contribution >= 4 is 28.0 Å². The Morgan fingerprint density at radius 3 is 2.46 bits per heavy atom. The molecule has 0 atom stereocenters. The number of ether oxygens (including phenoxy) is 1. The largest absolute Gasteiger partial charge is 0.495 e. The lowest BCUT2D eigenvalue weighted by Crippen LogP contribution is -1.97. The topological polar surface area (TPSA) is 39.2 Å². The summed E-state index contributed by atoms with van der Waals surface area (Å²) in [6.45, 7) is 0. The van der Waals surface area contributed by atoms with E-state index in [1.54, 1.807) is 7.11 Å². The average Bonchev–Trinajstić information content (AvgIpc) is 2.65. The van der Waals surface area contributed by atoms with E-state index in [9.17, 15) is 4.79 Å². The first kappa shape index (κ1) is 14.4. The zero-order valence-electron chi connectivity index (χ0n) is 13.2.